The van der Waals surface area contributed by atoms with Gasteiger partial charge >= 0.3 is 0 Å². The predicted molar refractivity (Wildman–Crippen MR) is 71.3 cm³/mol. The maximum Gasteiger partial charge on any atom is 0.0314 e. The topological polar surface area (TPSA) is 52.0 Å². The van der Waals surface area contributed by atoms with Gasteiger partial charge in [0.25, 0.3) is 0 Å². The Morgan fingerprint density at radius 3 is 2.12 bits per heavy atom. The summed E-state index contributed by atoms with van der Waals surface area (Å²) in [6.07, 6.45) is 2.20. The van der Waals surface area contributed by atoms with Crippen LogP contribution in [-0.4, -0.2) is 6.54 Å². The van der Waals surface area contributed by atoms with Crippen molar-refractivity contribution in [2.45, 2.75) is 39.5 Å². The zero-order valence-electron chi connectivity index (χ0n) is 10.7. The highest BCUT2D eigenvalue weighted by molar-refractivity contribution is 5.40. The molecule has 0 saturated heterocycles. The maximum absolute atomic E-state index is 5.70. The minimum Gasteiger partial charge on any atom is -0.399 e. The SMILES string of the molecule is CC(C)(C)CC(CCN)c1ccc(N)cc1. The van der Waals surface area contributed by atoms with Crippen LogP contribution >= 0.6 is 0 Å². The largest absolute Gasteiger partial charge is 0.399 e. The van der Waals surface area contributed by atoms with Gasteiger partial charge in [-0.3, -0.25) is 0 Å². The average Bonchev–Trinajstić information content (AvgIpc) is 2.16. The van der Waals surface area contributed by atoms with E-state index < -0.39 is 0 Å². The molecule has 0 aliphatic rings. The molecular weight excluding hydrogens is 196 g/mol. The van der Waals surface area contributed by atoms with E-state index in [1.807, 2.05) is 12.1 Å². The Bertz CT molecular complexity index is 309. The van der Waals surface area contributed by atoms with Crippen LogP contribution in [0.5, 0.6) is 0 Å². The zero-order valence-corrected chi connectivity index (χ0v) is 10.7. The highest BCUT2D eigenvalue weighted by Gasteiger charge is 2.19. The van der Waals surface area contributed by atoms with Gasteiger partial charge in [0.2, 0.25) is 0 Å². The molecule has 0 fully saturated rings. The molecule has 0 aliphatic carbocycles. The van der Waals surface area contributed by atoms with Gasteiger partial charge in [-0.05, 0) is 48.4 Å². The summed E-state index contributed by atoms with van der Waals surface area (Å²) >= 11 is 0. The fraction of sp³-hybridized carbons (Fsp3) is 0.571. The van der Waals surface area contributed by atoms with E-state index in [4.69, 9.17) is 11.5 Å². The third kappa shape index (κ3) is 4.23. The Morgan fingerprint density at radius 1 is 1.12 bits per heavy atom. The molecule has 2 heteroatoms. The van der Waals surface area contributed by atoms with Crippen molar-refractivity contribution < 1.29 is 0 Å². The molecule has 0 heterocycles. The smallest absolute Gasteiger partial charge is 0.0314 e. The molecule has 1 aromatic carbocycles. The summed E-state index contributed by atoms with van der Waals surface area (Å²) in [6.45, 7) is 7.56. The van der Waals surface area contributed by atoms with Gasteiger partial charge in [0.1, 0.15) is 0 Å². The Labute approximate surface area is 99.0 Å². The summed E-state index contributed by atoms with van der Waals surface area (Å²) in [7, 11) is 0. The molecule has 4 N–H and O–H groups in total. The summed E-state index contributed by atoms with van der Waals surface area (Å²) in [5, 5.41) is 0. The van der Waals surface area contributed by atoms with Gasteiger partial charge in [0, 0.05) is 5.69 Å². The van der Waals surface area contributed by atoms with Crippen molar-refractivity contribution in [3.05, 3.63) is 29.8 Å². The lowest BCUT2D eigenvalue weighted by molar-refractivity contribution is 0.332. The molecule has 90 valence electrons. The molecule has 0 aromatic heterocycles. The van der Waals surface area contributed by atoms with Crippen LogP contribution in [0.3, 0.4) is 0 Å². The van der Waals surface area contributed by atoms with Crippen molar-refractivity contribution in [1.29, 1.82) is 0 Å². The molecule has 1 unspecified atom stereocenters. The Kier molecular flexibility index (Phi) is 4.36. The molecule has 0 spiro atoms. The molecule has 1 aromatic rings. The summed E-state index contributed by atoms with van der Waals surface area (Å²) in [5.74, 6) is 0.547. The molecular formula is C14H24N2. The average molecular weight is 220 g/mol. The first-order valence-electron chi connectivity index (χ1n) is 5.98. The third-order valence-electron chi connectivity index (χ3n) is 2.78. The lowest BCUT2D eigenvalue weighted by atomic mass is 9.80. The van der Waals surface area contributed by atoms with Crippen LogP contribution in [0, 0.1) is 5.41 Å². The highest BCUT2D eigenvalue weighted by atomic mass is 14.5. The maximum atomic E-state index is 5.70. The zero-order chi connectivity index (χ0) is 12.2. The second-order valence-corrected chi connectivity index (χ2v) is 5.71. The van der Waals surface area contributed by atoms with Crippen molar-refractivity contribution in [2.75, 3.05) is 12.3 Å². The number of hydrogen-bond donors (Lipinski definition) is 2. The van der Waals surface area contributed by atoms with Crippen molar-refractivity contribution in [1.82, 2.24) is 0 Å². The molecule has 0 radical (unpaired) electrons. The number of rotatable bonds is 4. The van der Waals surface area contributed by atoms with Crippen LogP contribution in [0.2, 0.25) is 0 Å². The van der Waals surface area contributed by atoms with Crippen LogP contribution in [-0.2, 0) is 0 Å². The van der Waals surface area contributed by atoms with E-state index in [2.05, 4.69) is 32.9 Å². The first-order valence-corrected chi connectivity index (χ1v) is 5.98. The third-order valence-corrected chi connectivity index (χ3v) is 2.78. The number of nitrogen functional groups attached to an aromatic ring is 1. The van der Waals surface area contributed by atoms with Crippen LogP contribution in [0.1, 0.15) is 45.1 Å². The summed E-state index contributed by atoms with van der Waals surface area (Å²) in [6, 6.07) is 8.20. The number of benzene rings is 1. The normalized spacial score (nSPS) is 13.8. The fourth-order valence-corrected chi connectivity index (χ4v) is 2.10. The summed E-state index contributed by atoms with van der Waals surface area (Å²) in [4.78, 5) is 0. The fourth-order valence-electron chi connectivity index (χ4n) is 2.10. The van der Waals surface area contributed by atoms with Crippen molar-refractivity contribution in [2.24, 2.45) is 11.1 Å². The highest BCUT2D eigenvalue weighted by Crippen LogP contribution is 2.33. The number of nitrogens with two attached hydrogens (primary N) is 2. The van der Waals surface area contributed by atoms with E-state index in [-0.39, 0.29) is 0 Å². The van der Waals surface area contributed by atoms with Crippen molar-refractivity contribution in [3.8, 4) is 0 Å². The van der Waals surface area contributed by atoms with E-state index in [1.165, 1.54) is 5.56 Å². The van der Waals surface area contributed by atoms with Crippen molar-refractivity contribution >= 4 is 5.69 Å². The first-order chi connectivity index (χ1) is 7.42. The standard InChI is InChI=1S/C14H24N2/c1-14(2,3)10-12(8-9-15)11-4-6-13(16)7-5-11/h4-7,12H,8-10,15-16H2,1-3H3. The van der Waals surface area contributed by atoms with E-state index in [1.54, 1.807) is 0 Å². The number of anilines is 1. The molecule has 16 heavy (non-hydrogen) atoms. The lowest BCUT2D eigenvalue weighted by Gasteiger charge is -2.26. The summed E-state index contributed by atoms with van der Waals surface area (Å²) in [5.41, 5.74) is 13.9. The van der Waals surface area contributed by atoms with E-state index in [9.17, 15) is 0 Å². The Hall–Kier alpha value is -1.02. The molecule has 0 saturated carbocycles. The monoisotopic (exact) mass is 220 g/mol. The number of hydrogen-bond acceptors (Lipinski definition) is 2. The Balaban J connectivity index is 2.80. The van der Waals surface area contributed by atoms with E-state index >= 15 is 0 Å². The van der Waals surface area contributed by atoms with E-state index in [0.29, 0.717) is 11.3 Å². The quantitative estimate of drug-likeness (QED) is 0.766. The molecule has 0 aliphatic heterocycles. The second-order valence-electron chi connectivity index (χ2n) is 5.71. The van der Waals surface area contributed by atoms with Crippen LogP contribution in [0.4, 0.5) is 5.69 Å². The van der Waals surface area contributed by atoms with E-state index in [0.717, 1.165) is 25.1 Å². The first kappa shape index (κ1) is 13.0. The van der Waals surface area contributed by atoms with Gasteiger partial charge < -0.3 is 11.5 Å². The summed E-state index contributed by atoms with van der Waals surface area (Å²) < 4.78 is 0. The van der Waals surface area contributed by atoms with Crippen LogP contribution in [0.15, 0.2) is 24.3 Å². The lowest BCUT2D eigenvalue weighted by Crippen LogP contribution is -2.15. The molecule has 0 amide bonds. The van der Waals surface area contributed by atoms with Crippen LogP contribution in [0.25, 0.3) is 0 Å². The van der Waals surface area contributed by atoms with Crippen molar-refractivity contribution in [3.63, 3.8) is 0 Å². The van der Waals surface area contributed by atoms with Gasteiger partial charge in [0.05, 0.1) is 0 Å². The van der Waals surface area contributed by atoms with Crippen LogP contribution < -0.4 is 11.5 Å². The predicted octanol–water partition coefficient (Wildman–Crippen LogP) is 3.14. The molecule has 0 bridgehead atoms. The van der Waals surface area contributed by atoms with Gasteiger partial charge in [0.15, 0.2) is 0 Å². The molecule has 1 rings (SSSR count). The van der Waals surface area contributed by atoms with Gasteiger partial charge in [-0.15, -0.1) is 0 Å². The van der Waals surface area contributed by atoms with Gasteiger partial charge in [-0.1, -0.05) is 32.9 Å². The molecule has 2 nitrogen and oxygen atoms in total. The van der Waals surface area contributed by atoms with Gasteiger partial charge in [-0.25, -0.2) is 0 Å². The second kappa shape index (κ2) is 5.35. The Morgan fingerprint density at radius 2 is 1.69 bits per heavy atom. The van der Waals surface area contributed by atoms with Gasteiger partial charge in [-0.2, -0.15) is 0 Å². The molecule has 1 atom stereocenters. The minimum atomic E-state index is 0.335. The minimum absolute atomic E-state index is 0.335.